The first-order chi connectivity index (χ1) is 10.1. The molecule has 21 heavy (non-hydrogen) atoms. The number of fused-ring (bicyclic) bond motifs is 1. The van der Waals surface area contributed by atoms with Gasteiger partial charge >= 0.3 is 0 Å². The zero-order chi connectivity index (χ0) is 14.8. The Hall–Kier alpha value is -2.07. The molecule has 4 nitrogen and oxygen atoms in total. The summed E-state index contributed by atoms with van der Waals surface area (Å²) in [5, 5.41) is 6.64. The molecule has 0 radical (unpaired) electrons. The van der Waals surface area contributed by atoms with Crippen LogP contribution >= 0.6 is 11.6 Å². The number of anilines is 2. The minimum Gasteiger partial charge on any atom is -0.385 e. The summed E-state index contributed by atoms with van der Waals surface area (Å²) in [6, 6.07) is 7.57. The SMILES string of the molecule is Cc1cc(NC(=O)c2ccc3c(c2)CCCN3)cnc1Cl. The molecular formula is C16H16ClN3O. The number of nitrogens with zero attached hydrogens (tertiary/aromatic N) is 1. The molecule has 2 heterocycles. The molecule has 0 bridgehead atoms. The van der Waals surface area contributed by atoms with Crippen molar-refractivity contribution in [3.05, 3.63) is 52.3 Å². The zero-order valence-corrected chi connectivity index (χ0v) is 12.5. The van der Waals surface area contributed by atoms with Crippen molar-refractivity contribution in [1.82, 2.24) is 4.98 Å². The van der Waals surface area contributed by atoms with Crippen molar-refractivity contribution in [3.8, 4) is 0 Å². The summed E-state index contributed by atoms with van der Waals surface area (Å²) in [6.07, 6.45) is 3.66. The zero-order valence-electron chi connectivity index (χ0n) is 11.7. The number of hydrogen-bond acceptors (Lipinski definition) is 3. The Morgan fingerprint density at radius 1 is 1.38 bits per heavy atom. The Morgan fingerprint density at radius 3 is 3.05 bits per heavy atom. The van der Waals surface area contributed by atoms with Crippen molar-refractivity contribution >= 4 is 28.9 Å². The maximum Gasteiger partial charge on any atom is 0.255 e. The minimum atomic E-state index is -0.133. The quantitative estimate of drug-likeness (QED) is 0.832. The highest BCUT2D eigenvalue weighted by Crippen LogP contribution is 2.23. The van der Waals surface area contributed by atoms with Gasteiger partial charge in [0, 0.05) is 17.8 Å². The predicted molar refractivity (Wildman–Crippen MR) is 85.2 cm³/mol. The number of aryl methyl sites for hydroxylation is 2. The van der Waals surface area contributed by atoms with Crippen molar-refractivity contribution in [2.45, 2.75) is 19.8 Å². The summed E-state index contributed by atoms with van der Waals surface area (Å²) in [7, 11) is 0. The summed E-state index contributed by atoms with van der Waals surface area (Å²) < 4.78 is 0. The number of nitrogens with one attached hydrogen (secondary N) is 2. The topological polar surface area (TPSA) is 54.0 Å². The summed E-state index contributed by atoms with van der Waals surface area (Å²) in [5.41, 5.74) is 4.47. The van der Waals surface area contributed by atoms with E-state index in [1.807, 2.05) is 31.2 Å². The fourth-order valence-electron chi connectivity index (χ4n) is 2.45. The van der Waals surface area contributed by atoms with Crippen molar-refractivity contribution in [3.63, 3.8) is 0 Å². The number of hydrogen-bond donors (Lipinski definition) is 2. The Morgan fingerprint density at radius 2 is 2.24 bits per heavy atom. The Kier molecular flexibility index (Phi) is 3.80. The third kappa shape index (κ3) is 3.00. The van der Waals surface area contributed by atoms with E-state index in [1.165, 1.54) is 5.56 Å². The van der Waals surface area contributed by atoms with Gasteiger partial charge in [-0.05, 0) is 55.2 Å². The standard InChI is InChI=1S/C16H16ClN3O/c1-10-7-13(9-19-15(10)17)20-16(21)12-4-5-14-11(8-12)3-2-6-18-14/h4-5,7-9,18H,2-3,6H2,1H3,(H,20,21). The van der Waals surface area contributed by atoms with Crippen molar-refractivity contribution in [2.24, 2.45) is 0 Å². The number of amides is 1. The third-order valence-electron chi connectivity index (χ3n) is 3.58. The Bertz CT molecular complexity index is 700. The van der Waals surface area contributed by atoms with Crippen LogP contribution in [0.15, 0.2) is 30.5 Å². The third-order valence-corrected chi connectivity index (χ3v) is 3.97. The van der Waals surface area contributed by atoms with Gasteiger partial charge in [-0.15, -0.1) is 0 Å². The lowest BCUT2D eigenvalue weighted by Gasteiger charge is -2.18. The van der Waals surface area contributed by atoms with Gasteiger partial charge in [-0.25, -0.2) is 4.98 Å². The van der Waals surface area contributed by atoms with E-state index in [9.17, 15) is 4.79 Å². The van der Waals surface area contributed by atoms with Crippen LogP contribution in [0.2, 0.25) is 5.15 Å². The van der Waals surface area contributed by atoms with E-state index in [0.717, 1.165) is 30.6 Å². The van der Waals surface area contributed by atoms with Gasteiger partial charge in [0.05, 0.1) is 11.9 Å². The first-order valence-corrected chi connectivity index (χ1v) is 7.31. The number of halogens is 1. The van der Waals surface area contributed by atoms with Crippen LogP contribution in [-0.4, -0.2) is 17.4 Å². The smallest absolute Gasteiger partial charge is 0.255 e. The molecular weight excluding hydrogens is 286 g/mol. The van der Waals surface area contributed by atoms with E-state index in [-0.39, 0.29) is 5.91 Å². The van der Waals surface area contributed by atoms with Crippen molar-refractivity contribution in [1.29, 1.82) is 0 Å². The first-order valence-electron chi connectivity index (χ1n) is 6.94. The molecule has 2 N–H and O–H groups in total. The number of benzene rings is 1. The van der Waals surface area contributed by atoms with E-state index in [1.54, 1.807) is 6.20 Å². The van der Waals surface area contributed by atoms with Crippen LogP contribution in [-0.2, 0) is 6.42 Å². The second kappa shape index (κ2) is 5.74. The van der Waals surface area contributed by atoms with Crippen LogP contribution in [0.1, 0.15) is 27.9 Å². The summed E-state index contributed by atoms with van der Waals surface area (Å²) in [6.45, 7) is 2.85. The van der Waals surface area contributed by atoms with Gasteiger partial charge in [0.1, 0.15) is 5.15 Å². The van der Waals surface area contributed by atoms with E-state index < -0.39 is 0 Å². The highest BCUT2D eigenvalue weighted by atomic mass is 35.5. The van der Waals surface area contributed by atoms with E-state index in [2.05, 4.69) is 15.6 Å². The maximum atomic E-state index is 12.3. The molecule has 0 saturated heterocycles. The Labute approximate surface area is 128 Å². The van der Waals surface area contributed by atoms with Gasteiger partial charge < -0.3 is 10.6 Å². The normalized spacial score (nSPS) is 13.2. The van der Waals surface area contributed by atoms with Gasteiger partial charge in [-0.1, -0.05) is 11.6 Å². The highest BCUT2D eigenvalue weighted by molar-refractivity contribution is 6.30. The number of pyridine rings is 1. The molecule has 1 aromatic carbocycles. The molecule has 0 atom stereocenters. The molecule has 3 rings (SSSR count). The van der Waals surface area contributed by atoms with E-state index >= 15 is 0 Å². The average Bonchev–Trinajstić information content (AvgIpc) is 2.50. The molecule has 0 fully saturated rings. The lowest BCUT2D eigenvalue weighted by Crippen LogP contribution is -2.15. The van der Waals surface area contributed by atoms with Crippen LogP contribution in [0, 0.1) is 6.92 Å². The maximum absolute atomic E-state index is 12.3. The molecule has 0 unspecified atom stereocenters. The van der Waals surface area contributed by atoms with Crippen molar-refractivity contribution < 1.29 is 4.79 Å². The van der Waals surface area contributed by atoms with Gasteiger partial charge in [-0.2, -0.15) is 0 Å². The van der Waals surface area contributed by atoms with Gasteiger partial charge in [0.15, 0.2) is 0 Å². The van der Waals surface area contributed by atoms with Crippen LogP contribution in [0.4, 0.5) is 11.4 Å². The van der Waals surface area contributed by atoms with E-state index in [4.69, 9.17) is 11.6 Å². The van der Waals surface area contributed by atoms with Gasteiger partial charge in [-0.3, -0.25) is 4.79 Å². The van der Waals surface area contributed by atoms with Crippen molar-refractivity contribution in [2.75, 3.05) is 17.2 Å². The van der Waals surface area contributed by atoms with E-state index in [0.29, 0.717) is 16.4 Å². The molecule has 0 aliphatic carbocycles. The summed E-state index contributed by atoms with van der Waals surface area (Å²) in [4.78, 5) is 16.3. The second-order valence-electron chi connectivity index (χ2n) is 5.19. The summed E-state index contributed by atoms with van der Waals surface area (Å²) in [5.74, 6) is -0.133. The van der Waals surface area contributed by atoms with Gasteiger partial charge in [0.2, 0.25) is 0 Å². The van der Waals surface area contributed by atoms with Crippen LogP contribution in [0.5, 0.6) is 0 Å². The predicted octanol–water partition coefficient (Wildman–Crippen LogP) is 3.65. The molecule has 108 valence electrons. The van der Waals surface area contributed by atoms with Crippen LogP contribution in [0.25, 0.3) is 0 Å². The summed E-state index contributed by atoms with van der Waals surface area (Å²) >= 11 is 5.88. The number of carbonyl (C=O) groups excluding carboxylic acids is 1. The molecule has 1 amide bonds. The number of carbonyl (C=O) groups is 1. The van der Waals surface area contributed by atoms with Crippen LogP contribution < -0.4 is 10.6 Å². The molecule has 0 saturated carbocycles. The molecule has 2 aromatic rings. The lowest BCUT2D eigenvalue weighted by atomic mass is 10.0. The largest absolute Gasteiger partial charge is 0.385 e. The molecule has 1 aliphatic rings. The molecule has 1 aromatic heterocycles. The molecule has 1 aliphatic heterocycles. The second-order valence-corrected chi connectivity index (χ2v) is 5.55. The number of rotatable bonds is 2. The van der Waals surface area contributed by atoms with Crippen LogP contribution in [0.3, 0.4) is 0 Å². The Balaban J connectivity index is 1.80. The fourth-order valence-corrected chi connectivity index (χ4v) is 2.55. The first kappa shape index (κ1) is 13.9. The monoisotopic (exact) mass is 301 g/mol. The lowest BCUT2D eigenvalue weighted by molar-refractivity contribution is 0.102. The molecule has 5 heteroatoms. The minimum absolute atomic E-state index is 0.133. The van der Waals surface area contributed by atoms with Gasteiger partial charge in [0.25, 0.3) is 5.91 Å². The molecule has 0 spiro atoms. The number of aromatic nitrogens is 1. The fraction of sp³-hybridized carbons (Fsp3) is 0.250. The highest BCUT2D eigenvalue weighted by Gasteiger charge is 2.13. The average molecular weight is 302 g/mol.